The molecule has 2 aromatic heterocycles. The molecule has 1 fully saturated rings. The van der Waals surface area contributed by atoms with Gasteiger partial charge >= 0.3 is 5.97 Å². The number of carboxylic acids is 2. The van der Waals surface area contributed by atoms with Gasteiger partial charge in [-0.2, -0.15) is 9.36 Å². The second kappa shape index (κ2) is 10.7. The lowest BCUT2D eigenvalue weighted by molar-refractivity contribution is -0.689. The van der Waals surface area contributed by atoms with Crippen LogP contribution >= 0.6 is 39.2 Å². The van der Waals surface area contributed by atoms with Crippen molar-refractivity contribution in [2.75, 3.05) is 11.5 Å². The van der Waals surface area contributed by atoms with Gasteiger partial charge in [0.1, 0.15) is 11.4 Å². The Kier molecular flexibility index (Phi) is 7.70. The number of carbonyl (C=O) groups is 4. The number of carboxylic acid groups (broad SMARTS) is 2. The fraction of sp³-hybridized carbons (Fsp3) is 0.333. The number of amides is 2. The van der Waals surface area contributed by atoms with Gasteiger partial charge in [0.05, 0.1) is 11.7 Å². The number of nitrogens with two attached hydrogens (primary N) is 1. The number of thioether (sulfide) groups is 1. The van der Waals surface area contributed by atoms with Crippen LogP contribution in [-0.4, -0.2) is 71.6 Å². The number of rotatable bonds is 9. The van der Waals surface area contributed by atoms with Gasteiger partial charge in [0.15, 0.2) is 24.1 Å². The number of hydrogen-bond donors (Lipinski definition) is 3. The molecule has 17 heteroatoms. The van der Waals surface area contributed by atoms with Crippen LogP contribution in [0.5, 0.6) is 0 Å². The summed E-state index contributed by atoms with van der Waals surface area (Å²) in [6.07, 6.45) is 3.52. The quantitative estimate of drug-likeness (QED) is 0.131. The maximum Gasteiger partial charge on any atom is 0.350 e. The summed E-state index contributed by atoms with van der Waals surface area (Å²) in [5, 5.41) is 26.7. The van der Waals surface area contributed by atoms with E-state index in [-0.39, 0.29) is 29.0 Å². The molecule has 4 rings (SSSR count). The molecule has 0 saturated carbocycles. The van der Waals surface area contributed by atoms with Crippen LogP contribution in [0.2, 0.25) is 0 Å². The molecule has 0 unspecified atom stereocenters. The first kappa shape index (κ1) is 27.5. The van der Waals surface area contributed by atoms with Crippen molar-refractivity contribution in [3.05, 3.63) is 46.1 Å². The Labute approximate surface area is 231 Å². The van der Waals surface area contributed by atoms with E-state index in [2.05, 4.69) is 35.8 Å². The Balaban J connectivity index is 1.55. The normalized spacial score (nSPS) is 19.5. The molecule has 2 atom stereocenters. The van der Waals surface area contributed by atoms with Gasteiger partial charge < -0.3 is 30.9 Å². The average Bonchev–Trinajstić information content (AvgIpc) is 3.29. The van der Waals surface area contributed by atoms with Crippen molar-refractivity contribution in [1.29, 1.82) is 0 Å². The van der Waals surface area contributed by atoms with Crippen molar-refractivity contribution in [1.82, 2.24) is 19.6 Å². The number of nitrogens with one attached hydrogen (secondary N) is 1. The van der Waals surface area contributed by atoms with Crippen molar-refractivity contribution in [3.8, 4) is 0 Å². The molecule has 200 valence electrons. The second-order valence-corrected chi connectivity index (χ2v) is 11.4. The Morgan fingerprint density at radius 1 is 1.39 bits per heavy atom. The third-order valence-corrected chi connectivity index (χ3v) is 7.91. The first-order valence-electron chi connectivity index (χ1n) is 10.8. The topological polar surface area (TPSA) is 204 Å². The van der Waals surface area contributed by atoms with Gasteiger partial charge in [-0.05, 0) is 13.8 Å². The van der Waals surface area contributed by atoms with Gasteiger partial charge in [-0.25, -0.2) is 9.36 Å². The molecule has 2 aromatic rings. The highest BCUT2D eigenvalue weighted by molar-refractivity contribution is 9.10. The first-order chi connectivity index (χ1) is 17.9. The van der Waals surface area contributed by atoms with Crippen LogP contribution in [-0.2, 0) is 30.6 Å². The molecule has 0 spiro atoms. The SMILES string of the molecule is CC(C)(O/N=C(\C(=O)N[C@@H]1C(=O)N2C(C(=O)[O-])=C(C[n+]3ccc(Br)cc3)CS[C@H]12)c1nsc(N)n1)C(=O)O. The molecule has 14 nitrogen and oxygen atoms in total. The van der Waals surface area contributed by atoms with Gasteiger partial charge in [-0.3, -0.25) is 14.5 Å². The fourth-order valence-electron chi connectivity index (χ4n) is 3.48. The lowest BCUT2D eigenvalue weighted by atomic mass is 10.0. The van der Waals surface area contributed by atoms with Crippen molar-refractivity contribution in [2.45, 2.75) is 37.4 Å². The number of β-lactam (4-membered cyclic amide) rings is 1. The molecule has 0 bridgehead atoms. The molecule has 4 N–H and O–H groups in total. The van der Waals surface area contributed by atoms with E-state index in [0.717, 1.165) is 20.9 Å². The van der Waals surface area contributed by atoms with E-state index in [1.165, 1.54) is 25.6 Å². The smallest absolute Gasteiger partial charge is 0.350 e. The minimum absolute atomic E-state index is 0.0200. The summed E-state index contributed by atoms with van der Waals surface area (Å²) in [5.41, 5.74) is 3.56. The minimum atomic E-state index is -1.78. The number of pyridine rings is 1. The van der Waals surface area contributed by atoms with Crippen LogP contribution in [0.1, 0.15) is 19.7 Å². The molecular weight excluding hydrogens is 606 g/mol. The second-order valence-electron chi connectivity index (χ2n) is 8.59. The molecule has 2 aliphatic rings. The molecule has 4 heterocycles. The van der Waals surface area contributed by atoms with Gasteiger partial charge in [-0.1, -0.05) is 21.1 Å². The maximum absolute atomic E-state index is 13.1. The zero-order valence-corrected chi connectivity index (χ0v) is 23.0. The van der Waals surface area contributed by atoms with E-state index in [9.17, 15) is 29.4 Å². The summed E-state index contributed by atoms with van der Waals surface area (Å²) in [4.78, 5) is 59.5. The Hall–Kier alpha value is -3.57. The highest BCUT2D eigenvalue weighted by atomic mass is 79.9. The predicted octanol–water partition coefficient (Wildman–Crippen LogP) is -1.14. The van der Waals surface area contributed by atoms with E-state index < -0.39 is 46.5 Å². The minimum Gasteiger partial charge on any atom is -0.543 e. The summed E-state index contributed by atoms with van der Waals surface area (Å²) in [7, 11) is 0. The zero-order chi connectivity index (χ0) is 27.8. The molecular formula is C21H20BrN7O7S2. The number of carbonyl (C=O) groups excluding carboxylic acids is 3. The summed E-state index contributed by atoms with van der Waals surface area (Å²) in [5.74, 6) is -4.39. The number of oxime groups is 1. The Morgan fingerprint density at radius 3 is 2.66 bits per heavy atom. The number of aliphatic carboxylic acids is 2. The van der Waals surface area contributed by atoms with Crippen LogP contribution in [0, 0.1) is 0 Å². The van der Waals surface area contributed by atoms with Crippen LogP contribution in [0.3, 0.4) is 0 Å². The van der Waals surface area contributed by atoms with E-state index in [1.807, 2.05) is 0 Å². The van der Waals surface area contributed by atoms with Crippen LogP contribution in [0.4, 0.5) is 5.13 Å². The van der Waals surface area contributed by atoms with Gasteiger partial charge in [0, 0.05) is 39.5 Å². The lowest BCUT2D eigenvalue weighted by Gasteiger charge is -2.50. The van der Waals surface area contributed by atoms with Gasteiger partial charge in [0.25, 0.3) is 11.8 Å². The van der Waals surface area contributed by atoms with Crippen LogP contribution < -0.4 is 20.7 Å². The van der Waals surface area contributed by atoms with Crippen molar-refractivity contribution >= 4 is 73.8 Å². The third-order valence-electron chi connectivity index (χ3n) is 5.50. The van der Waals surface area contributed by atoms with Crippen molar-refractivity contribution < 1.29 is 38.8 Å². The Morgan fingerprint density at radius 2 is 2.08 bits per heavy atom. The third kappa shape index (κ3) is 5.48. The van der Waals surface area contributed by atoms with E-state index in [4.69, 9.17) is 10.6 Å². The maximum atomic E-state index is 13.1. The zero-order valence-electron chi connectivity index (χ0n) is 19.8. The van der Waals surface area contributed by atoms with E-state index >= 15 is 0 Å². The summed E-state index contributed by atoms with van der Waals surface area (Å²) < 4.78 is 6.53. The van der Waals surface area contributed by atoms with E-state index in [1.54, 1.807) is 29.1 Å². The molecule has 0 radical (unpaired) electrons. The molecule has 2 aliphatic heterocycles. The van der Waals surface area contributed by atoms with Gasteiger partial charge in [0.2, 0.25) is 17.1 Å². The molecule has 1 saturated heterocycles. The molecule has 0 aromatic carbocycles. The average molecular weight is 626 g/mol. The predicted molar refractivity (Wildman–Crippen MR) is 135 cm³/mol. The number of hydrogen-bond acceptors (Lipinski definition) is 12. The van der Waals surface area contributed by atoms with Gasteiger partial charge in [-0.15, -0.1) is 11.8 Å². The van der Waals surface area contributed by atoms with Crippen molar-refractivity contribution in [2.24, 2.45) is 5.16 Å². The Bertz CT molecular complexity index is 1380. The largest absolute Gasteiger partial charge is 0.543 e. The number of nitrogen functional groups attached to an aromatic ring is 1. The molecule has 0 aliphatic carbocycles. The van der Waals surface area contributed by atoms with E-state index in [0.29, 0.717) is 5.57 Å². The number of anilines is 1. The highest BCUT2D eigenvalue weighted by Crippen LogP contribution is 2.40. The molecule has 38 heavy (non-hydrogen) atoms. The number of halogens is 1. The summed E-state index contributed by atoms with van der Waals surface area (Å²) in [6, 6.07) is 2.49. The van der Waals surface area contributed by atoms with Crippen LogP contribution in [0.25, 0.3) is 0 Å². The summed E-state index contributed by atoms with van der Waals surface area (Å²) in [6.45, 7) is 2.67. The lowest BCUT2D eigenvalue weighted by Crippen LogP contribution is -2.71. The fourth-order valence-corrected chi connectivity index (χ4v) is 5.49. The standard InChI is InChI=1S/C21H20BrN7O7S2/c1-21(2,19(34)35)36-26-11(14-25-20(23)38-27-14)15(30)24-12-16(31)29-13(18(32)33)9(8-37-17(12)29)7-28-5-3-10(22)4-6-28/h3-6,12,17H,7-8H2,1-2H3,(H4-,23,24,25,27,30,32,33,34,35)/b26-11-/t12-,17-/m1/s1. The monoisotopic (exact) mass is 625 g/mol. The molecule has 2 amide bonds. The van der Waals surface area contributed by atoms with Crippen LogP contribution in [0.15, 0.2) is 45.4 Å². The number of fused-ring (bicyclic) bond motifs is 1. The first-order valence-corrected chi connectivity index (χ1v) is 13.4. The highest BCUT2D eigenvalue weighted by Gasteiger charge is 2.53. The number of nitrogens with zero attached hydrogens (tertiary/aromatic N) is 5. The van der Waals surface area contributed by atoms with Crippen molar-refractivity contribution in [3.63, 3.8) is 0 Å². The summed E-state index contributed by atoms with van der Waals surface area (Å²) >= 11 is 5.39. The number of aromatic nitrogens is 3.